The van der Waals surface area contributed by atoms with E-state index in [0.717, 1.165) is 34.1 Å². The molecule has 2 heterocycles. The Morgan fingerprint density at radius 3 is 2.67 bits per heavy atom. The van der Waals surface area contributed by atoms with Crippen molar-refractivity contribution in [1.29, 1.82) is 0 Å². The number of nitrogens with zero attached hydrogens (tertiary/aromatic N) is 5. The first-order chi connectivity index (χ1) is 16.0. The first kappa shape index (κ1) is 22.4. The van der Waals surface area contributed by atoms with Gasteiger partial charge in [0, 0.05) is 13.1 Å². The summed E-state index contributed by atoms with van der Waals surface area (Å²) in [4.78, 5) is 42.1. The molecule has 0 atom stereocenters. The second kappa shape index (κ2) is 9.76. The summed E-state index contributed by atoms with van der Waals surface area (Å²) in [5.41, 5.74) is 1.45. The highest BCUT2D eigenvalue weighted by molar-refractivity contribution is 5.89. The Morgan fingerprint density at radius 1 is 1.18 bits per heavy atom. The monoisotopic (exact) mass is 450 g/mol. The minimum Gasteiger partial charge on any atom is -0.348 e. The van der Waals surface area contributed by atoms with E-state index in [1.54, 1.807) is 19.1 Å². The maximum absolute atomic E-state index is 12.8. The van der Waals surface area contributed by atoms with Crippen LogP contribution in [0.25, 0.3) is 17.2 Å². The highest BCUT2D eigenvalue weighted by Crippen LogP contribution is 2.19. The molecule has 33 heavy (non-hydrogen) atoms. The van der Waals surface area contributed by atoms with Gasteiger partial charge in [-0.05, 0) is 58.1 Å². The molecule has 1 N–H and O–H groups in total. The molecule has 3 aromatic rings. The molecule has 2 aromatic heterocycles. The van der Waals surface area contributed by atoms with E-state index in [-0.39, 0.29) is 24.0 Å². The predicted molar refractivity (Wildman–Crippen MR) is 121 cm³/mol. The maximum Gasteiger partial charge on any atom is 0.352 e. The average Bonchev–Trinajstić information content (AvgIpc) is 3.31. The topological polar surface area (TPSA) is 125 Å². The number of amides is 1. The van der Waals surface area contributed by atoms with Crippen molar-refractivity contribution in [3.63, 3.8) is 0 Å². The van der Waals surface area contributed by atoms with Gasteiger partial charge in [0.2, 0.25) is 5.82 Å². The average molecular weight is 450 g/mol. The van der Waals surface area contributed by atoms with Crippen LogP contribution in [0.15, 0.2) is 50.0 Å². The summed E-state index contributed by atoms with van der Waals surface area (Å²) >= 11 is 0. The van der Waals surface area contributed by atoms with E-state index in [1.165, 1.54) is 18.4 Å². The van der Waals surface area contributed by atoms with Crippen molar-refractivity contribution >= 4 is 5.91 Å². The maximum atomic E-state index is 12.8. The fourth-order valence-electron chi connectivity index (χ4n) is 3.74. The van der Waals surface area contributed by atoms with Gasteiger partial charge in [-0.1, -0.05) is 34.5 Å². The van der Waals surface area contributed by atoms with E-state index in [2.05, 4.69) is 26.6 Å². The van der Waals surface area contributed by atoms with Gasteiger partial charge in [0.05, 0.1) is 5.69 Å². The summed E-state index contributed by atoms with van der Waals surface area (Å²) in [5.74, 6) is -0.934. The van der Waals surface area contributed by atoms with Crippen molar-refractivity contribution in [2.45, 2.75) is 52.5 Å². The van der Waals surface area contributed by atoms with Crippen LogP contribution in [0.1, 0.15) is 55.3 Å². The van der Waals surface area contributed by atoms with Gasteiger partial charge < -0.3 is 9.84 Å². The van der Waals surface area contributed by atoms with Crippen LogP contribution in [0.3, 0.4) is 0 Å². The minimum absolute atomic E-state index is 0.139. The molecule has 0 unspecified atom stereocenters. The quantitative estimate of drug-likeness (QED) is 0.548. The number of rotatable bonds is 7. The van der Waals surface area contributed by atoms with Gasteiger partial charge in [-0.15, -0.1) is 0 Å². The first-order valence-corrected chi connectivity index (χ1v) is 11.1. The molecular formula is C23H26N6O4. The van der Waals surface area contributed by atoms with Crippen molar-refractivity contribution in [3.8, 4) is 17.2 Å². The van der Waals surface area contributed by atoms with E-state index < -0.39 is 17.2 Å². The molecule has 0 fully saturated rings. The normalized spacial score (nSPS) is 13.6. The summed E-state index contributed by atoms with van der Waals surface area (Å²) in [7, 11) is 0. The Balaban J connectivity index is 1.59. The number of nitrogens with one attached hydrogen (secondary N) is 1. The van der Waals surface area contributed by atoms with E-state index >= 15 is 0 Å². The second-order valence-corrected chi connectivity index (χ2v) is 7.97. The summed E-state index contributed by atoms with van der Waals surface area (Å²) in [6.07, 6.45) is 7.55. The number of benzene rings is 1. The molecule has 1 aliphatic rings. The molecule has 0 aliphatic heterocycles. The lowest BCUT2D eigenvalue weighted by atomic mass is 9.97. The van der Waals surface area contributed by atoms with Gasteiger partial charge in [0.25, 0.3) is 5.56 Å². The fourth-order valence-corrected chi connectivity index (χ4v) is 3.74. The van der Waals surface area contributed by atoms with Crippen LogP contribution in [0, 0.1) is 6.92 Å². The van der Waals surface area contributed by atoms with E-state index in [1.807, 2.05) is 19.1 Å². The number of allylic oxidation sites excluding steroid dienone is 1. The molecule has 10 heteroatoms. The minimum atomic E-state index is -0.650. The van der Waals surface area contributed by atoms with Crippen LogP contribution in [0.4, 0.5) is 0 Å². The van der Waals surface area contributed by atoms with Gasteiger partial charge in [-0.25, -0.2) is 4.79 Å². The fraction of sp³-hybridized carbons (Fsp3) is 0.391. The van der Waals surface area contributed by atoms with Crippen molar-refractivity contribution in [3.05, 3.63) is 68.2 Å². The predicted octanol–water partition coefficient (Wildman–Crippen LogP) is 2.39. The molecule has 1 aromatic carbocycles. The molecule has 0 saturated heterocycles. The molecule has 4 rings (SSSR count). The van der Waals surface area contributed by atoms with Crippen LogP contribution in [-0.2, 0) is 6.54 Å². The highest BCUT2D eigenvalue weighted by Gasteiger charge is 2.22. The lowest BCUT2D eigenvalue weighted by molar-refractivity contribution is 0.0910. The van der Waals surface area contributed by atoms with Crippen LogP contribution in [0.2, 0.25) is 0 Å². The molecule has 0 saturated carbocycles. The van der Waals surface area contributed by atoms with E-state index in [9.17, 15) is 14.4 Å². The molecule has 0 spiro atoms. The third kappa shape index (κ3) is 4.84. The Hall–Kier alpha value is -3.82. The van der Waals surface area contributed by atoms with Crippen LogP contribution in [0.5, 0.6) is 0 Å². The van der Waals surface area contributed by atoms with Crippen LogP contribution < -0.4 is 16.6 Å². The summed E-state index contributed by atoms with van der Waals surface area (Å²) in [6.45, 7) is 4.21. The van der Waals surface area contributed by atoms with Gasteiger partial charge in [0.1, 0.15) is 0 Å². The van der Waals surface area contributed by atoms with Crippen molar-refractivity contribution in [2.24, 2.45) is 0 Å². The number of hydrogen-bond donors (Lipinski definition) is 1. The number of carbonyl (C=O) groups is 1. The Bertz CT molecular complexity index is 1300. The third-order valence-corrected chi connectivity index (χ3v) is 5.60. The zero-order chi connectivity index (χ0) is 23.4. The van der Waals surface area contributed by atoms with Crippen molar-refractivity contribution in [2.75, 3.05) is 6.54 Å². The van der Waals surface area contributed by atoms with Gasteiger partial charge in [0.15, 0.2) is 5.69 Å². The third-order valence-electron chi connectivity index (χ3n) is 5.60. The van der Waals surface area contributed by atoms with Crippen LogP contribution >= 0.6 is 0 Å². The molecule has 10 nitrogen and oxygen atoms in total. The summed E-state index contributed by atoms with van der Waals surface area (Å²) in [5, 5.41) is 10.7. The smallest absolute Gasteiger partial charge is 0.348 e. The van der Waals surface area contributed by atoms with Crippen molar-refractivity contribution < 1.29 is 9.32 Å². The molecule has 1 aliphatic carbocycles. The van der Waals surface area contributed by atoms with E-state index in [4.69, 9.17) is 4.52 Å². The summed E-state index contributed by atoms with van der Waals surface area (Å²) in [6, 6.07) is 7.14. The SMILES string of the molecule is CCn1c(=O)c(-c2noc(C(=O)NCCC3=CCCCC3)n2)nn(-c2ccc(C)cc2)c1=O. The molecule has 1 amide bonds. The largest absolute Gasteiger partial charge is 0.352 e. The lowest BCUT2D eigenvalue weighted by Gasteiger charge is -2.12. The lowest BCUT2D eigenvalue weighted by Crippen LogP contribution is -2.41. The number of aryl methyl sites for hydroxylation is 1. The number of aromatic nitrogens is 5. The van der Waals surface area contributed by atoms with Crippen molar-refractivity contribution in [1.82, 2.24) is 29.8 Å². The van der Waals surface area contributed by atoms with Gasteiger partial charge >= 0.3 is 17.5 Å². The number of hydrogen-bond acceptors (Lipinski definition) is 7. The number of carbonyl (C=O) groups excluding carboxylic acids is 1. The summed E-state index contributed by atoms with van der Waals surface area (Å²) < 4.78 is 7.24. The zero-order valence-corrected chi connectivity index (χ0v) is 18.7. The second-order valence-electron chi connectivity index (χ2n) is 7.97. The Labute approximate surface area is 189 Å². The Kier molecular flexibility index (Phi) is 6.62. The molecule has 0 radical (unpaired) electrons. The van der Waals surface area contributed by atoms with Crippen LogP contribution in [-0.4, -0.2) is 36.9 Å². The standard InChI is InChI=1S/C23H26N6O4/c1-3-28-22(31)18(26-29(23(28)32)17-11-9-15(2)10-12-17)19-25-21(33-27-19)20(30)24-14-13-16-7-5-4-6-8-16/h7,9-12H,3-6,8,13-14H2,1-2H3,(H,24,30). The molecule has 0 bridgehead atoms. The van der Waals surface area contributed by atoms with Gasteiger partial charge in [-0.3, -0.25) is 14.2 Å². The zero-order valence-electron chi connectivity index (χ0n) is 18.7. The molecular weight excluding hydrogens is 424 g/mol. The molecule has 172 valence electrons. The Morgan fingerprint density at radius 2 is 1.97 bits per heavy atom. The highest BCUT2D eigenvalue weighted by atomic mass is 16.5. The van der Waals surface area contributed by atoms with Gasteiger partial charge in [-0.2, -0.15) is 14.8 Å². The first-order valence-electron chi connectivity index (χ1n) is 11.1. The van der Waals surface area contributed by atoms with E-state index in [0.29, 0.717) is 12.2 Å².